The molecule has 186 valence electrons. The molecule has 0 saturated carbocycles. The van der Waals surface area contributed by atoms with Crippen molar-refractivity contribution in [2.45, 2.75) is 0 Å². The third kappa shape index (κ3) is 5.64. The first kappa shape index (κ1) is 25.5. The van der Waals surface area contributed by atoms with Crippen LogP contribution in [0, 0.1) is 0 Å². The Morgan fingerprint density at radius 1 is 1.00 bits per heavy atom. The summed E-state index contributed by atoms with van der Waals surface area (Å²) in [6, 6.07) is 11.4. The Morgan fingerprint density at radius 2 is 1.67 bits per heavy atom. The number of carbonyl (C=O) groups excluding carboxylic acids is 1. The van der Waals surface area contributed by atoms with E-state index >= 15 is 0 Å². The van der Waals surface area contributed by atoms with Gasteiger partial charge in [-0.25, -0.2) is 20.0 Å². The first-order chi connectivity index (χ1) is 17.4. The van der Waals surface area contributed by atoms with Crippen LogP contribution in [0.1, 0.15) is 10.4 Å². The van der Waals surface area contributed by atoms with Gasteiger partial charge in [0.05, 0.1) is 21.3 Å². The van der Waals surface area contributed by atoms with Crippen LogP contribution >= 0.6 is 36.0 Å². The topological polar surface area (TPSA) is 132 Å². The zero-order chi connectivity index (χ0) is 25.7. The van der Waals surface area contributed by atoms with Crippen molar-refractivity contribution in [1.29, 1.82) is 0 Å². The Morgan fingerprint density at radius 3 is 2.36 bits per heavy atom. The highest BCUT2D eigenvalue weighted by molar-refractivity contribution is 7.78. The summed E-state index contributed by atoms with van der Waals surface area (Å²) in [5.74, 6) is 0.00568. The highest BCUT2D eigenvalue weighted by Gasteiger charge is 2.26. The lowest BCUT2D eigenvalue weighted by molar-refractivity contribution is 0.0743. The van der Waals surface area contributed by atoms with Crippen molar-refractivity contribution in [2.75, 3.05) is 31.1 Å². The number of rotatable bonds is 4. The number of phenolic OH excluding ortho intramolecular Hbond substituents is 1. The molecule has 2 heterocycles. The Labute approximate surface area is 223 Å². The second-order valence-corrected chi connectivity index (χ2v) is 8.65. The minimum atomic E-state index is -0.316. The zero-order valence-corrected chi connectivity index (χ0v) is 21.3. The van der Waals surface area contributed by atoms with Crippen molar-refractivity contribution >= 4 is 70.9 Å². The number of para-hydroxylation sites is 1. The van der Waals surface area contributed by atoms with Crippen LogP contribution in [0.3, 0.4) is 0 Å². The molecule has 4 rings (SSSR count). The minimum Gasteiger partial charge on any atom is -0.505 e. The van der Waals surface area contributed by atoms with Gasteiger partial charge in [-0.2, -0.15) is 0 Å². The van der Waals surface area contributed by atoms with Gasteiger partial charge in [0.2, 0.25) is 5.95 Å². The van der Waals surface area contributed by atoms with Crippen LogP contribution in [0.25, 0.3) is 0 Å². The molecule has 0 unspecified atom stereocenters. The number of piperazine rings is 1. The molecule has 1 aliphatic rings. The van der Waals surface area contributed by atoms with E-state index in [9.17, 15) is 9.90 Å². The predicted octanol–water partition coefficient (Wildman–Crippen LogP) is 3.60. The fraction of sp³-hybridized carbons (Fsp3) is 0.174. The Kier molecular flexibility index (Phi) is 8.14. The number of nitrogens with one attached hydrogen (secondary N) is 1. The van der Waals surface area contributed by atoms with Crippen LogP contribution in [0.2, 0.25) is 10.0 Å². The van der Waals surface area contributed by atoms with Gasteiger partial charge in [-0.3, -0.25) is 4.79 Å². The number of aromatic hydroxyl groups is 1. The van der Waals surface area contributed by atoms with E-state index in [4.69, 9.17) is 28.9 Å². The van der Waals surface area contributed by atoms with Crippen LogP contribution in [-0.4, -0.2) is 63.7 Å². The van der Waals surface area contributed by atoms with Gasteiger partial charge >= 0.3 is 0 Å². The van der Waals surface area contributed by atoms with Crippen LogP contribution in [0.15, 0.2) is 64.8 Å². The fourth-order valence-corrected chi connectivity index (χ4v) is 4.05. The van der Waals surface area contributed by atoms with Gasteiger partial charge in [-0.05, 0) is 30.3 Å². The number of nitrogens with two attached hydrogens (primary N) is 1. The molecule has 4 N–H and O–H groups in total. The summed E-state index contributed by atoms with van der Waals surface area (Å²) in [6.45, 7) is 2.04. The summed E-state index contributed by atoms with van der Waals surface area (Å²) in [4.78, 5) is 33.9. The molecule has 1 fully saturated rings. The van der Waals surface area contributed by atoms with E-state index in [1.54, 1.807) is 47.6 Å². The average molecular weight is 545 g/mol. The van der Waals surface area contributed by atoms with E-state index in [2.05, 4.69) is 37.5 Å². The molecule has 1 aliphatic heterocycles. The number of hydrogen-bond acceptors (Lipinski definition) is 8. The zero-order valence-electron chi connectivity index (χ0n) is 18.8. The number of phenols is 1. The molecule has 1 saturated heterocycles. The van der Waals surface area contributed by atoms with Gasteiger partial charge in [0.1, 0.15) is 5.69 Å². The largest absolute Gasteiger partial charge is 0.505 e. The number of halogens is 2. The number of carbonyl (C=O) groups is 1. The second kappa shape index (κ2) is 11.5. The van der Waals surface area contributed by atoms with E-state index < -0.39 is 0 Å². The number of anilines is 1. The third-order valence-corrected chi connectivity index (χ3v) is 6.42. The lowest BCUT2D eigenvalue weighted by atomic mass is 10.1. The van der Waals surface area contributed by atoms with Crippen molar-refractivity contribution in [3.63, 3.8) is 0 Å². The summed E-state index contributed by atoms with van der Waals surface area (Å²) in [7, 11) is 0. The SMILES string of the molecule is NC(=Nc1cccc(C(=O)N2CCN(c3ncccn3)CC2)c1O)C(=Nc1cccc(Cl)c1Cl)NS. The first-order valence-electron chi connectivity index (χ1n) is 10.8. The number of aliphatic imine (C=N–C) groups is 2. The molecule has 1 amide bonds. The monoisotopic (exact) mass is 544 g/mol. The molecule has 1 aromatic heterocycles. The van der Waals surface area contributed by atoms with E-state index in [0.29, 0.717) is 42.8 Å². The normalized spacial score (nSPS) is 14.6. The van der Waals surface area contributed by atoms with Gasteiger partial charge in [0, 0.05) is 38.6 Å². The number of benzene rings is 2. The molecule has 3 aromatic rings. The molecule has 10 nitrogen and oxygen atoms in total. The summed E-state index contributed by atoms with van der Waals surface area (Å²) < 4.78 is 2.56. The molecule has 13 heteroatoms. The highest BCUT2D eigenvalue weighted by atomic mass is 35.5. The summed E-state index contributed by atoms with van der Waals surface area (Å²) >= 11 is 16.3. The van der Waals surface area contributed by atoms with Gasteiger partial charge in [-0.1, -0.05) is 48.1 Å². The van der Waals surface area contributed by atoms with Gasteiger partial charge < -0.3 is 25.4 Å². The molecule has 0 atom stereocenters. The summed E-state index contributed by atoms with van der Waals surface area (Å²) in [5.41, 5.74) is 6.68. The van der Waals surface area contributed by atoms with Crippen molar-refractivity contribution < 1.29 is 9.90 Å². The Hall–Kier alpha value is -3.54. The number of hydrogen-bond donors (Lipinski definition) is 4. The number of nitrogens with zero attached hydrogens (tertiary/aromatic N) is 6. The Balaban J connectivity index is 1.53. The van der Waals surface area contributed by atoms with E-state index in [1.807, 2.05) is 4.90 Å². The Bertz CT molecular complexity index is 1310. The number of amides is 1. The molecular weight excluding hydrogens is 523 g/mol. The molecule has 0 bridgehead atoms. The van der Waals surface area contributed by atoms with Crippen LogP contribution in [0.5, 0.6) is 5.75 Å². The third-order valence-electron chi connectivity index (χ3n) is 5.40. The van der Waals surface area contributed by atoms with Crippen LogP contribution in [0.4, 0.5) is 17.3 Å². The maximum absolute atomic E-state index is 13.2. The van der Waals surface area contributed by atoms with Crippen LogP contribution < -0.4 is 15.4 Å². The predicted molar refractivity (Wildman–Crippen MR) is 145 cm³/mol. The van der Waals surface area contributed by atoms with Gasteiger partial charge in [-0.15, -0.1) is 0 Å². The summed E-state index contributed by atoms with van der Waals surface area (Å²) in [5, 5.41) is 11.4. The van der Waals surface area contributed by atoms with Gasteiger partial charge in [0.15, 0.2) is 17.4 Å². The van der Waals surface area contributed by atoms with E-state index in [1.165, 1.54) is 12.1 Å². The summed E-state index contributed by atoms with van der Waals surface area (Å²) in [6.07, 6.45) is 3.36. The molecule has 2 aromatic carbocycles. The van der Waals surface area contributed by atoms with Crippen molar-refractivity contribution in [2.24, 2.45) is 15.7 Å². The highest BCUT2D eigenvalue weighted by Crippen LogP contribution is 2.33. The number of amidine groups is 2. The fourth-order valence-electron chi connectivity index (χ4n) is 3.55. The maximum atomic E-state index is 13.2. The number of aromatic nitrogens is 2. The second-order valence-electron chi connectivity index (χ2n) is 7.64. The average Bonchev–Trinajstić information content (AvgIpc) is 2.91. The lowest BCUT2D eigenvalue weighted by Gasteiger charge is -2.34. The molecule has 0 spiro atoms. The maximum Gasteiger partial charge on any atom is 0.257 e. The molecule has 0 aliphatic carbocycles. The molecule has 0 radical (unpaired) electrons. The molecular formula is C23H22Cl2N8O2S. The lowest BCUT2D eigenvalue weighted by Crippen LogP contribution is -2.49. The van der Waals surface area contributed by atoms with E-state index in [0.717, 1.165) is 0 Å². The first-order valence-corrected chi connectivity index (χ1v) is 12.0. The molecule has 36 heavy (non-hydrogen) atoms. The van der Waals surface area contributed by atoms with Crippen molar-refractivity contribution in [3.05, 3.63) is 70.5 Å². The van der Waals surface area contributed by atoms with Crippen LogP contribution in [-0.2, 0) is 0 Å². The minimum absolute atomic E-state index is 0.0814. The standard InChI is InChI=1S/C23H22Cl2N8O2S/c24-15-5-2-6-16(18(15)25)30-21(31-36)20(26)29-17-7-1-4-14(19(17)34)22(35)32-10-12-33(13-11-32)23-27-8-3-9-28-23/h1-9,34,36H,10-13H2,(H2,26,29)(H,30,31). The number of thiol groups is 1. The van der Waals surface area contributed by atoms with Crippen molar-refractivity contribution in [3.8, 4) is 5.75 Å². The smallest absolute Gasteiger partial charge is 0.257 e. The van der Waals surface area contributed by atoms with E-state index in [-0.39, 0.29) is 39.6 Å². The van der Waals surface area contributed by atoms with Crippen molar-refractivity contribution in [1.82, 2.24) is 19.6 Å². The quantitative estimate of drug-likeness (QED) is 0.224. The van der Waals surface area contributed by atoms with Gasteiger partial charge in [0.25, 0.3) is 5.91 Å².